The molecule has 1 aliphatic rings. The van der Waals surface area contributed by atoms with Crippen molar-refractivity contribution in [1.82, 2.24) is 9.97 Å². The zero-order chi connectivity index (χ0) is 33.0. The standard InChI is InChI=1S/C36H24N.C11H8N.Ir/c1-36(2)33-21-25(12-14-30(33)32-19-23-8-3-4-9-24(23)20-34(32)36)35-31-16-15-27-26-10-6-5-7-22(26)11-13-28(27)29(31)17-18-37-35;1-2-6-10(7-3-1)11-8-4-5-9-12-11;/h3-11,13-21H,1-2H3;1-6,8-9H;/q2*-1;. The Morgan fingerprint density at radius 1 is 0.480 bits per heavy atom. The molecule has 0 spiro atoms. The molecule has 0 unspecified atom stereocenters. The van der Waals surface area contributed by atoms with E-state index in [1.807, 2.05) is 48.7 Å². The number of benzene rings is 7. The van der Waals surface area contributed by atoms with Crippen molar-refractivity contribution in [2.45, 2.75) is 19.3 Å². The molecule has 2 nitrogen and oxygen atoms in total. The van der Waals surface area contributed by atoms with Gasteiger partial charge in [-0.15, -0.1) is 65.2 Å². The average Bonchev–Trinajstić information content (AvgIpc) is 3.38. The van der Waals surface area contributed by atoms with E-state index < -0.39 is 0 Å². The minimum Gasteiger partial charge on any atom is -0.305 e. The second-order valence-electron chi connectivity index (χ2n) is 13.2. The van der Waals surface area contributed by atoms with Crippen molar-refractivity contribution in [3.63, 3.8) is 0 Å². The third-order valence-corrected chi connectivity index (χ3v) is 10.0. The van der Waals surface area contributed by atoms with E-state index in [9.17, 15) is 0 Å². The summed E-state index contributed by atoms with van der Waals surface area (Å²) in [6.45, 7) is 4.68. The number of hydrogen-bond acceptors (Lipinski definition) is 2. The Bertz CT molecular complexity index is 2640. The van der Waals surface area contributed by atoms with E-state index >= 15 is 0 Å². The van der Waals surface area contributed by atoms with Crippen LogP contribution < -0.4 is 0 Å². The molecule has 0 bridgehead atoms. The summed E-state index contributed by atoms with van der Waals surface area (Å²) in [6.07, 6.45) is 3.73. The molecule has 0 atom stereocenters. The molecule has 10 rings (SSSR count). The van der Waals surface area contributed by atoms with Crippen LogP contribution in [0.5, 0.6) is 0 Å². The third-order valence-electron chi connectivity index (χ3n) is 10.0. The van der Waals surface area contributed by atoms with E-state index in [0.29, 0.717) is 0 Å². The van der Waals surface area contributed by atoms with E-state index in [-0.39, 0.29) is 25.5 Å². The van der Waals surface area contributed by atoms with Crippen LogP contribution in [-0.2, 0) is 25.5 Å². The monoisotopic (exact) mass is 817 g/mol. The Balaban J connectivity index is 0.000000236. The van der Waals surface area contributed by atoms with Gasteiger partial charge in [0.1, 0.15) is 0 Å². The summed E-state index contributed by atoms with van der Waals surface area (Å²) in [7, 11) is 0. The zero-order valence-electron chi connectivity index (χ0n) is 27.7. The van der Waals surface area contributed by atoms with Crippen LogP contribution in [0.1, 0.15) is 25.0 Å². The Morgan fingerprint density at radius 3 is 1.96 bits per heavy atom. The normalized spacial score (nSPS) is 12.6. The van der Waals surface area contributed by atoms with Gasteiger partial charge in [0.15, 0.2) is 0 Å². The van der Waals surface area contributed by atoms with Gasteiger partial charge in [-0.05, 0) is 77.6 Å². The molecular weight excluding hydrogens is 785 g/mol. The van der Waals surface area contributed by atoms with Crippen molar-refractivity contribution in [2.75, 3.05) is 0 Å². The van der Waals surface area contributed by atoms with E-state index in [2.05, 4.69) is 134 Å². The second kappa shape index (κ2) is 12.8. The predicted octanol–water partition coefficient (Wildman–Crippen LogP) is 12.0. The molecule has 3 heteroatoms. The number of hydrogen-bond donors (Lipinski definition) is 0. The van der Waals surface area contributed by atoms with E-state index in [0.717, 1.165) is 22.5 Å². The molecule has 0 fully saturated rings. The molecule has 0 amide bonds. The fourth-order valence-electron chi connectivity index (χ4n) is 7.54. The van der Waals surface area contributed by atoms with Gasteiger partial charge >= 0.3 is 0 Å². The molecule has 1 aliphatic carbocycles. The molecule has 9 aromatic rings. The van der Waals surface area contributed by atoms with Crippen LogP contribution in [0.15, 0.2) is 158 Å². The van der Waals surface area contributed by atoms with Gasteiger partial charge < -0.3 is 9.97 Å². The largest absolute Gasteiger partial charge is 0.305 e. The molecule has 0 saturated heterocycles. The molecule has 50 heavy (non-hydrogen) atoms. The minimum atomic E-state index is -0.0885. The maximum atomic E-state index is 4.88. The number of aromatic nitrogens is 2. The average molecular weight is 817 g/mol. The molecule has 2 aromatic heterocycles. The summed E-state index contributed by atoms with van der Waals surface area (Å²) < 4.78 is 0. The summed E-state index contributed by atoms with van der Waals surface area (Å²) in [6, 6.07) is 58.0. The Kier molecular flexibility index (Phi) is 8.11. The Morgan fingerprint density at radius 2 is 1.16 bits per heavy atom. The molecule has 241 valence electrons. The molecule has 2 heterocycles. The number of fused-ring (bicyclic) bond motifs is 9. The Hall–Kier alpha value is -5.47. The molecule has 0 saturated carbocycles. The van der Waals surface area contributed by atoms with Gasteiger partial charge in [0.05, 0.1) is 0 Å². The molecule has 7 aromatic carbocycles. The summed E-state index contributed by atoms with van der Waals surface area (Å²) in [5.74, 6) is 0. The van der Waals surface area contributed by atoms with Gasteiger partial charge in [0.2, 0.25) is 0 Å². The zero-order valence-corrected chi connectivity index (χ0v) is 30.1. The molecular formula is C47H32IrN2-2. The van der Waals surface area contributed by atoms with E-state index in [4.69, 9.17) is 4.98 Å². The predicted molar refractivity (Wildman–Crippen MR) is 205 cm³/mol. The fourth-order valence-corrected chi connectivity index (χ4v) is 7.54. The molecule has 0 N–H and O–H groups in total. The first-order valence-electron chi connectivity index (χ1n) is 16.7. The maximum Gasteiger partial charge on any atom is 0.0167 e. The van der Waals surface area contributed by atoms with Crippen molar-refractivity contribution < 1.29 is 20.1 Å². The minimum absolute atomic E-state index is 0. The van der Waals surface area contributed by atoms with Crippen molar-refractivity contribution in [3.8, 4) is 33.6 Å². The summed E-state index contributed by atoms with van der Waals surface area (Å²) in [4.78, 5) is 9.10. The van der Waals surface area contributed by atoms with Crippen molar-refractivity contribution in [2.24, 2.45) is 0 Å². The molecule has 0 aliphatic heterocycles. The van der Waals surface area contributed by atoms with Crippen LogP contribution in [0.4, 0.5) is 0 Å². The van der Waals surface area contributed by atoms with Crippen LogP contribution in [0.25, 0.3) is 76.7 Å². The van der Waals surface area contributed by atoms with Crippen LogP contribution >= 0.6 is 0 Å². The first kappa shape index (κ1) is 31.8. The van der Waals surface area contributed by atoms with Crippen molar-refractivity contribution in [3.05, 3.63) is 181 Å². The first-order valence-corrected chi connectivity index (χ1v) is 16.7. The van der Waals surface area contributed by atoms with Crippen LogP contribution in [0.3, 0.4) is 0 Å². The summed E-state index contributed by atoms with van der Waals surface area (Å²) in [5, 5.41) is 10.1. The van der Waals surface area contributed by atoms with Gasteiger partial charge in [-0.2, -0.15) is 0 Å². The van der Waals surface area contributed by atoms with Gasteiger partial charge in [-0.1, -0.05) is 122 Å². The molecule has 1 radical (unpaired) electrons. The number of nitrogens with zero attached hydrogens (tertiary/aromatic N) is 2. The quantitative estimate of drug-likeness (QED) is 0.128. The third kappa shape index (κ3) is 5.31. The number of pyridine rings is 2. The van der Waals surface area contributed by atoms with Crippen molar-refractivity contribution in [1.29, 1.82) is 0 Å². The van der Waals surface area contributed by atoms with Crippen LogP contribution in [0.2, 0.25) is 0 Å². The van der Waals surface area contributed by atoms with Gasteiger partial charge in [0.25, 0.3) is 0 Å². The summed E-state index contributed by atoms with van der Waals surface area (Å²) >= 11 is 0. The first-order chi connectivity index (χ1) is 24.1. The Labute approximate surface area is 305 Å². The fraction of sp³-hybridized carbons (Fsp3) is 0.0638. The topological polar surface area (TPSA) is 25.8 Å². The van der Waals surface area contributed by atoms with E-state index in [1.54, 1.807) is 6.20 Å². The maximum absolute atomic E-state index is 4.88. The number of rotatable bonds is 2. The van der Waals surface area contributed by atoms with E-state index in [1.165, 1.54) is 65.3 Å². The summed E-state index contributed by atoms with van der Waals surface area (Å²) in [5.41, 5.74) is 9.30. The van der Waals surface area contributed by atoms with Crippen LogP contribution in [-0.4, -0.2) is 9.97 Å². The van der Waals surface area contributed by atoms with Crippen molar-refractivity contribution >= 4 is 43.1 Å². The van der Waals surface area contributed by atoms with Gasteiger partial charge in [-0.3, -0.25) is 0 Å². The second-order valence-corrected chi connectivity index (χ2v) is 13.2. The smallest absolute Gasteiger partial charge is 0.0167 e. The van der Waals surface area contributed by atoms with Gasteiger partial charge in [0, 0.05) is 32.5 Å². The van der Waals surface area contributed by atoms with Gasteiger partial charge in [-0.25, -0.2) is 0 Å². The SMILES string of the molecule is CC1(C)c2cc(-c3nccc4c3ccc3c5ccccc5ccc43)[c-]cc2-c2cc3ccccc3cc21.[Ir].[c-]1ccccc1-c1ccccn1. The van der Waals surface area contributed by atoms with Crippen LogP contribution in [0, 0.1) is 12.1 Å².